The van der Waals surface area contributed by atoms with Crippen molar-refractivity contribution in [3.63, 3.8) is 0 Å². The van der Waals surface area contributed by atoms with Gasteiger partial charge in [0.15, 0.2) is 0 Å². The van der Waals surface area contributed by atoms with Crippen molar-refractivity contribution in [3.8, 4) is 5.75 Å². The van der Waals surface area contributed by atoms with Gasteiger partial charge in [-0.15, -0.1) is 0 Å². The number of esters is 1. The van der Waals surface area contributed by atoms with Crippen LogP contribution in [0.3, 0.4) is 0 Å². The third-order valence-corrected chi connectivity index (χ3v) is 4.03. The summed E-state index contributed by atoms with van der Waals surface area (Å²) in [5, 5.41) is 0. The highest BCUT2D eigenvalue weighted by Gasteiger charge is 2.38. The van der Waals surface area contributed by atoms with Gasteiger partial charge in [0.25, 0.3) is 5.91 Å². The Balaban J connectivity index is 2.03. The van der Waals surface area contributed by atoms with Crippen molar-refractivity contribution in [1.82, 2.24) is 4.90 Å². The Bertz CT molecular complexity index is 713. The first-order chi connectivity index (χ1) is 12.1. The molecule has 1 aliphatic heterocycles. The van der Waals surface area contributed by atoms with Gasteiger partial charge in [-0.25, -0.2) is 9.69 Å². The molecule has 0 N–H and O–H groups in total. The van der Waals surface area contributed by atoms with E-state index in [1.54, 1.807) is 51.1 Å². The fraction of sp³-hybridized carbons (Fsp3) is 0.450. The lowest BCUT2D eigenvalue weighted by Crippen LogP contribution is -2.40. The minimum Gasteiger partial charge on any atom is -0.447 e. The lowest BCUT2D eigenvalue weighted by molar-refractivity contribution is -0.143. The highest BCUT2D eigenvalue weighted by Crippen LogP contribution is 2.22. The number of ether oxygens (including phenoxy) is 2. The molecule has 0 aromatic heterocycles. The molecule has 1 atom stereocenters. The van der Waals surface area contributed by atoms with Crippen LogP contribution < -0.4 is 4.74 Å². The quantitative estimate of drug-likeness (QED) is 0.466. The van der Waals surface area contributed by atoms with E-state index in [1.807, 2.05) is 13.8 Å². The first-order valence-electron chi connectivity index (χ1n) is 8.60. The molecule has 1 fully saturated rings. The zero-order chi connectivity index (χ0) is 19.5. The Kier molecular flexibility index (Phi) is 5.85. The van der Waals surface area contributed by atoms with Crippen LogP contribution in [-0.2, 0) is 14.3 Å². The summed E-state index contributed by atoms with van der Waals surface area (Å²) in [6, 6.07) is 6.54. The maximum atomic E-state index is 12.3. The molecule has 1 aliphatic rings. The highest BCUT2D eigenvalue weighted by atomic mass is 16.6. The van der Waals surface area contributed by atoms with E-state index in [2.05, 4.69) is 0 Å². The van der Waals surface area contributed by atoms with E-state index >= 15 is 0 Å². The zero-order valence-electron chi connectivity index (χ0n) is 15.8. The fourth-order valence-corrected chi connectivity index (χ4v) is 2.34. The van der Waals surface area contributed by atoms with Gasteiger partial charge in [-0.3, -0.25) is 9.59 Å². The molecule has 140 valence electrons. The third-order valence-electron chi connectivity index (χ3n) is 4.03. The zero-order valence-corrected chi connectivity index (χ0v) is 15.8. The second-order valence-corrected chi connectivity index (χ2v) is 7.64. The molecule has 0 aliphatic carbocycles. The number of benzene rings is 1. The van der Waals surface area contributed by atoms with Crippen molar-refractivity contribution in [2.75, 3.05) is 6.61 Å². The summed E-state index contributed by atoms with van der Waals surface area (Å²) in [5.41, 5.74) is 0.171. The van der Waals surface area contributed by atoms with Gasteiger partial charge in [0.05, 0.1) is 11.5 Å². The fourth-order valence-electron chi connectivity index (χ4n) is 2.34. The van der Waals surface area contributed by atoms with E-state index in [0.29, 0.717) is 5.75 Å². The van der Waals surface area contributed by atoms with Crippen LogP contribution in [0.2, 0.25) is 0 Å². The lowest BCUT2D eigenvalue weighted by Gasteiger charge is -2.21. The van der Waals surface area contributed by atoms with Gasteiger partial charge in [-0.2, -0.15) is 0 Å². The van der Waals surface area contributed by atoms with Crippen molar-refractivity contribution in [2.45, 2.75) is 40.7 Å². The molecule has 1 saturated heterocycles. The van der Waals surface area contributed by atoms with Crippen molar-refractivity contribution in [2.24, 2.45) is 11.3 Å². The van der Waals surface area contributed by atoms with Crippen LogP contribution in [0, 0.1) is 11.3 Å². The second-order valence-electron chi connectivity index (χ2n) is 7.64. The molecule has 0 bridgehead atoms. The topological polar surface area (TPSA) is 72.9 Å². The molecule has 1 aromatic rings. The normalized spacial score (nSPS) is 17.7. The minimum absolute atomic E-state index is 0.121. The Morgan fingerprint density at radius 3 is 2.38 bits per heavy atom. The Morgan fingerprint density at radius 2 is 1.85 bits per heavy atom. The van der Waals surface area contributed by atoms with Gasteiger partial charge >= 0.3 is 12.1 Å². The summed E-state index contributed by atoms with van der Waals surface area (Å²) in [5.74, 6) is -0.162. The number of hydrogen-bond acceptors (Lipinski definition) is 5. The largest absolute Gasteiger partial charge is 0.447 e. The van der Waals surface area contributed by atoms with Gasteiger partial charge in [0.1, 0.15) is 12.4 Å². The van der Waals surface area contributed by atoms with E-state index < -0.39 is 17.4 Å². The molecule has 1 heterocycles. The summed E-state index contributed by atoms with van der Waals surface area (Å²) >= 11 is 0. The Labute approximate surface area is 153 Å². The van der Waals surface area contributed by atoms with Gasteiger partial charge < -0.3 is 9.47 Å². The second kappa shape index (κ2) is 7.72. The van der Waals surface area contributed by atoms with Crippen molar-refractivity contribution < 1.29 is 23.9 Å². The number of imide groups is 1. The van der Waals surface area contributed by atoms with Gasteiger partial charge in [-0.1, -0.05) is 26.0 Å². The first-order valence-corrected chi connectivity index (χ1v) is 8.60. The van der Waals surface area contributed by atoms with Crippen LogP contribution in [-0.4, -0.2) is 35.5 Å². The summed E-state index contributed by atoms with van der Waals surface area (Å²) in [4.78, 5) is 37.1. The van der Waals surface area contributed by atoms with E-state index in [1.165, 1.54) is 6.08 Å². The van der Waals surface area contributed by atoms with Crippen molar-refractivity contribution >= 4 is 24.0 Å². The van der Waals surface area contributed by atoms with E-state index in [9.17, 15) is 14.4 Å². The van der Waals surface area contributed by atoms with Crippen LogP contribution in [0.15, 0.2) is 30.3 Å². The Hall–Kier alpha value is -2.63. The van der Waals surface area contributed by atoms with Crippen LogP contribution in [0.1, 0.15) is 40.2 Å². The van der Waals surface area contributed by atoms with Crippen LogP contribution >= 0.6 is 0 Å². The Morgan fingerprint density at radius 1 is 1.23 bits per heavy atom. The summed E-state index contributed by atoms with van der Waals surface area (Å²) in [6.45, 7) is 9.45. The molecule has 0 saturated carbocycles. The smallest absolute Gasteiger partial charge is 0.417 e. The number of hydrogen-bond donors (Lipinski definition) is 0. The van der Waals surface area contributed by atoms with Crippen LogP contribution in [0.4, 0.5) is 4.79 Å². The monoisotopic (exact) mass is 359 g/mol. The average molecular weight is 359 g/mol. The number of rotatable bonds is 4. The molecular weight excluding hydrogens is 334 g/mol. The maximum absolute atomic E-state index is 12.3. The molecule has 26 heavy (non-hydrogen) atoms. The standard InChI is InChI=1S/C20H25NO5/c1-13(2)16-12-25-19(24)21(16)17(22)11-8-14-6-9-15(10-7-14)26-18(23)20(3,4)5/h6-11,13,16H,12H2,1-5H3/b11-8+/t16-/m1/s1. The minimum atomic E-state index is -0.609. The van der Waals surface area contributed by atoms with E-state index in [0.717, 1.165) is 10.5 Å². The predicted octanol–water partition coefficient (Wildman–Crippen LogP) is 3.65. The highest BCUT2D eigenvalue weighted by molar-refractivity contribution is 6.02. The van der Waals surface area contributed by atoms with Crippen LogP contribution in [0.5, 0.6) is 5.75 Å². The molecule has 0 spiro atoms. The molecule has 6 heteroatoms. The van der Waals surface area contributed by atoms with Gasteiger partial charge in [0.2, 0.25) is 0 Å². The molecular formula is C20H25NO5. The lowest BCUT2D eigenvalue weighted by atomic mass is 9.97. The summed E-state index contributed by atoms with van der Waals surface area (Å²) in [6.07, 6.45) is 2.35. The average Bonchev–Trinajstić information content (AvgIpc) is 2.95. The van der Waals surface area contributed by atoms with Gasteiger partial charge in [0, 0.05) is 6.08 Å². The summed E-state index contributed by atoms with van der Waals surface area (Å²) < 4.78 is 10.3. The van der Waals surface area contributed by atoms with Gasteiger partial charge in [-0.05, 0) is 50.5 Å². The van der Waals surface area contributed by atoms with Crippen LogP contribution in [0.25, 0.3) is 6.08 Å². The molecule has 0 unspecified atom stereocenters. The third kappa shape index (κ3) is 4.71. The molecule has 2 amide bonds. The van der Waals surface area contributed by atoms with E-state index in [-0.39, 0.29) is 24.5 Å². The van der Waals surface area contributed by atoms with Crippen molar-refractivity contribution in [1.29, 1.82) is 0 Å². The number of carbonyl (C=O) groups is 3. The predicted molar refractivity (Wildman–Crippen MR) is 97.4 cm³/mol. The first kappa shape index (κ1) is 19.7. The SMILES string of the molecule is CC(C)[C@H]1COC(=O)N1C(=O)/C=C/c1ccc(OC(=O)C(C)(C)C)cc1. The molecule has 1 aromatic carbocycles. The van der Waals surface area contributed by atoms with E-state index in [4.69, 9.17) is 9.47 Å². The number of amides is 2. The summed E-state index contributed by atoms with van der Waals surface area (Å²) in [7, 11) is 0. The number of nitrogens with zero attached hydrogens (tertiary/aromatic N) is 1. The molecule has 6 nitrogen and oxygen atoms in total. The number of carbonyl (C=O) groups excluding carboxylic acids is 3. The molecule has 0 radical (unpaired) electrons. The molecule has 2 rings (SSSR count). The maximum Gasteiger partial charge on any atom is 0.417 e. The van der Waals surface area contributed by atoms with Crippen molar-refractivity contribution in [3.05, 3.63) is 35.9 Å². The number of cyclic esters (lactones) is 1.